The van der Waals surface area contributed by atoms with Gasteiger partial charge in [0.1, 0.15) is 9.88 Å². The number of rotatable bonds is 4. The predicted molar refractivity (Wildman–Crippen MR) is 120 cm³/mol. The lowest BCUT2D eigenvalue weighted by Gasteiger charge is -2.35. The third-order valence-corrected chi connectivity index (χ3v) is 6.47. The molecule has 156 valence electrons. The molecule has 1 amide bonds. The van der Waals surface area contributed by atoms with Crippen molar-refractivity contribution in [2.45, 2.75) is 6.92 Å². The summed E-state index contributed by atoms with van der Waals surface area (Å²) in [6.07, 6.45) is 3.54. The van der Waals surface area contributed by atoms with Gasteiger partial charge in [-0.1, -0.05) is 30.3 Å². The molecule has 0 N–H and O–H groups in total. The van der Waals surface area contributed by atoms with Crippen molar-refractivity contribution in [3.63, 3.8) is 0 Å². The molecule has 4 heterocycles. The Morgan fingerprint density at radius 3 is 2.35 bits per heavy atom. The van der Waals surface area contributed by atoms with Crippen LogP contribution in [0.2, 0.25) is 0 Å². The Balaban J connectivity index is 1.24. The molecule has 1 aliphatic heterocycles. The maximum absolute atomic E-state index is 13.1. The van der Waals surface area contributed by atoms with Crippen molar-refractivity contribution < 1.29 is 4.79 Å². The van der Waals surface area contributed by atoms with E-state index >= 15 is 0 Å². The first-order valence-corrected chi connectivity index (χ1v) is 10.9. The van der Waals surface area contributed by atoms with E-state index in [1.54, 1.807) is 10.9 Å². The number of amides is 1. The standard InChI is InChI=1S/C22H21N7OS/c1-16-20(31-21(24-16)17-6-3-2-4-7-17)22(30)28-14-12-27(13-15-28)18-8-9-19(26-25-18)29-11-5-10-23-29/h2-11H,12-15H2,1H3. The fourth-order valence-corrected chi connectivity index (χ4v) is 4.63. The van der Waals surface area contributed by atoms with Crippen molar-refractivity contribution in [1.29, 1.82) is 0 Å². The topological polar surface area (TPSA) is 80.0 Å². The van der Waals surface area contributed by atoms with Crippen LogP contribution >= 0.6 is 11.3 Å². The lowest BCUT2D eigenvalue weighted by molar-refractivity contribution is 0.0750. The quantitative estimate of drug-likeness (QED) is 0.494. The van der Waals surface area contributed by atoms with Gasteiger partial charge in [0.25, 0.3) is 5.91 Å². The SMILES string of the molecule is Cc1nc(-c2ccccc2)sc1C(=O)N1CCN(c2ccc(-n3cccn3)nn2)CC1. The van der Waals surface area contributed by atoms with Gasteiger partial charge in [0.05, 0.1) is 5.69 Å². The average molecular weight is 432 g/mol. The summed E-state index contributed by atoms with van der Waals surface area (Å²) in [6, 6.07) is 15.7. The van der Waals surface area contributed by atoms with Gasteiger partial charge in [-0.2, -0.15) is 5.10 Å². The number of hydrogen-bond acceptors (Lipinski definition) is 7. The number of benzene rings is 1. The minimum absolute atomic E-state index is 0.0527. The fourth-order valence-electron chi connectivity index (χ4n) is 3.59. The van der Waals surface area contributed by atoms with Crippen molar-refractivity contribution in [1.82, 2.24) is 29.9 Å². The Morgan fingerprint density at radius 1 is 0.935 bits per heavy atom. The van der Waals surface area contributed by atoms with E-state index in [1.807, 2.05) is 66.6 Å². The number of carbonyl (C=O) groups excluding carboxylic acids is 1. The van der Waals surface area contributed by atoms with E-state index in [-0.39, 0.29) is 5.91 Å². The second-order valence-electron chi connectivity index (χ2n) is 7.28. The minimum Gasteiger partial charge on any atom is -0.352 e. The van der Waals surface area contributed by atoms with Gasteiger partial charge in [-0.05, 0) is 25.1 Å². The largest absolute Gasteiger partial charge is 0.352 e. The monoisotopic (exact) mass is 431 g/mol. The van der Waals surface area contributed by atoms with Crippen LogP contribution in [0.4, 0.5) is 5.82 Å². The van der Waals surface area contributed by atoms with Crippen LogP contribution in [-0.4, -0.2) is 61.9 Å². The molecule has 0 spiro atoms. The molecule has 1 fully saturated rings. The number of aryl methyl sites for hydroxylation is 1. The molecule has 1 aromatic carbocycles. The van der Waals surface area contributed by atoms with Crippen LogP contribution in [0.25, 0.3) is 16.4 Å². The highest BCUT2D eigenvalue weighted by Crippen LogP contribution is 2.29. The van der Waals surface area contributed by atoms with E-state index < -0.39 is 0 Å². The number of aromatic nitrogens is 5. The number of piperazine rings is 1. The molecule has 0 unspecified atom stereocenters. The Morgan fingerprint density at radius 2 is 1.68 bits per heavy atom. The fraction of sp³-hybridized carbons (Fsp3) is 0.227. The molecule has 31 heavy (non-hydrogen) atoms. The summed E-state index contributed by atoms with van der Waals surface area (Å²) in [7, 11) is 0. The van der Waals surface area contributed by atoms with E-state index in [2.05, 4.69) is 25.2 Å². The number of anilines is 1. The molecule has 0 radical (unpaired) electrons. The highest BCUT2D eigenvalue weighted by atomic mass is 32.1. The van der Waals surface area contributed by atoms with Crippen molar-refractivity contribution in [3.05, 3.63) is 71.5 Å². The van der Waals surface area contributed by atoms with Crippen LogP contribution in [0.1, 0.15) is 15.4 Å². The zero-order valence-corrected chi connectivity index (χ0v) is 17.9. The molecule has 1 aliphatic rings. The molecule has 5 rings (SSSR count). The summed E-state index contributed by atoms with van der Waals surface area (Å²) in [4.78, 5) is 22.5. The highest BCUT2D eigenvalue weighted by Gasteiger charge is 2.26. The number of nitrogens with zero attached hydrogens (tertiary/aromatic N) is 7. The molecular weight excluding hydrogens is 410 g/mol. The molecule has 4 aromatic rings. The predicted octanol–water partition coefficient (Wildman–Crippen LogP) is 3.06. The normalized spacial score (nSPS) is 14.1. The van der Waals surface area contributed by atoms with E-state index in [0.29, 0.717) is 32.0 Å². The first-order chi connectivity index (χ1) is 15.2. The summed E-state index contributed by atoms with van der Waals surface area (Å²) >= 11 is 1.47. The van der Waals surface area contributed by atoms with Gasteiger partial charge >= 0.3 is 0 Å². The molecular formula is C22H21N7OS. The number of carbonyl (C=O) groups is 1. The lowest BCUT2D eigenvalue weighted by atomic mass is 10.2. The summed E-state index contributed by atoms with van der Waals surface area (Å²) in [5.74, 6) is 1.54. The summed E-state index contributed by atoms with van der Waals surface area (Å²) in [6.45, 7) is 4.61. The molecule has 9 heteroatoms. The van der Waals surface area contributed by atoms with E-state index in [4.69, 9.17) is 0 Å². The van der Waals surface area contributed by atoms with Crippen molar-refractivity contribution >= 4 is 23.1 Å². The Labute approximate surface area is 183 Å². The third kappa shape index (κ3) is 3.91. The van der Waals surface area contributed by atoms with Crippen LogP contribution in [0, 0.1) is 6.92 Å². The minimum atomic E-state index is 0.0527. The summed E-state index contributed by atoms with van der Waals surface area (Å²) in [5.41, 5.74) is 1.83. The second kappa shape index (κ2) is 8.27. The molecule has 0 atom stereocenters. The summed E-state index contributed by atoms with van der Waals surface area (Å²) < 4.78 is 1.68. The maximum Gasteiger partial charge on any atom is 0.265 e. The van der Waals surface area contributed by atoms with Gasteiger partial charge in [0, 0.05) is 44.1 Å². The van der Waals surface area contributed by atoms with Crippen LogP contribution in [0.3, 0.4) is 0 Å². The Kier molecular flexibility index (Phi) is 5.17. The smallest absolute Gasteiger partial charge is 0.265 e. The first-order valence-electron chi connectivity index (χ1n) is 10.1. The molecule has 0 saturated carbocycles. The van der Waals surface area contributed by atoms with Crippen molar-refractivity contribution in [2.75, 3.05) is 31.1 Å². The van der Waals surface area contributed by atoms with Crippen LogP contribution < -0.4 is 4.90 Å². The van der Waals surface area contributed by atoms with Crippen LogP contribution in [-0.2, 0) is 0 Å². The third-order valence-electron chi connectivity index (χ3n) is 5.28. The number of hydrogen-bond donors (Lipinski definition) is 0. The molecule has 1 saturated heterocycles. The lowest BCUT2D eigenvalue weighted by Crippen LogP contribution is -2.49. The van der Waals surface area contributed by atoms with Gasteiger partial charge in [-0.3, -0.25) is 4.79 Å². The molecule has 0 aliphatic carbocycles. The van der Waals surface area contributed by atoms with Gasteiger partial charge in [-0.15, -0.1) is 21.5 Å². The first kappa shape index (κ1) is 19.4. The maximum atomic E-state index is 13.1. The van der Waals surface area contributed by atoms with E-state index in [1.165, 1.54) is 11.3 Å². The van der Waals surface area contributed by atoms with E-state index in [9.17, 15) is 4.79 Å². The Bertz CT molecular complexity index is 1160. The number of thiazole rings is 1. The van der Waals surface area contributed by atoms with Crippen LogP contribution in [0.15, 0.2) is 60.9 Å². The second-order valence-corrected chi connectivity index (χ2v) is 8.28. The van der Waals surface area contributed by atoms with Gasteiger partial charge < -0.3 is 9.80 Å². The Hall–Kier alpha value is -3.59. The average Bonchev–Trinajstić information content (AvgIpc) is 3.50. The van der Waals surface area contributed by atoms with Gasteiger partial charge in [0.2, 0.25) is 0 Å². The molecule has 3 aromatic heterocycles. The van der Waals surface area contributed by atoms with E-state index in [0.717, 1.165) is 27.0 Å². The van der Waals surface area contributed by atoms with Crippen molar-refractivity contribution in [2.24, 2.45) is 0 Å². The highest BCUT2D eigenvalue weighted by molar-refractivity contribution is 7.17. The zero-order chi connectivity index (χ0) is 21.2. The van der Waals surface area contributed by atoms with Gasteiger partial charge in [-0.25, -0.2) is 9.67 Å². The van der Waals surface area contributed by atoms with Gasteiger partial charge in [0.15, 0.2) is 11.6 Å². The molecule has 8 nitrogen and oxygen atoms in total. The van der Waals surface area contributed by atoms with Crippen molar-refractivity contribution in [3.8, 4) is 16.4 Å². The zero-order valence-electron chi connectivity index (χ0n) is 17.0. The molecule has 0 bridgehead atoms. The summed E-state index contributed by atoms with van der Waals surface area (Å²) in [5, 5.41) is 13.7. The van der Waals surface area contributed by atoms with Crippen LogP contribution in [0.5, 0.6) is 0 Å².